The van der Waals surface area contributed by atoms with Crippen LogP contribution < -0.4 is 0 Å². The van der Waals surface area contributed by atoms with Crippen LogP contribution in [0.5, 0.6) is 0 Å². The van der Waals surface area contributed by atoms with Gasteiger partial charge in [-0.25, -0.2) is 0 Å². The number of piperidine rings is 1. The lowest BCUT2D eigenvalue weighted by atomic mass is 9.79. The molecule has 1 aliphatic carbocycles. The molecule has 0 aromatic rings. The Morgan fingerprint density at radius 3 is 2.50 bits per heavy atom. The Bertz CT molecular complexity index is 268. The van der Waals surface area contributed by atoms with Gasteiger partial charge in [-0.2, -0.15) is 0 Å². The molecular weight excluding hydrogens is 222 g/mol. The molecule has 2 heteroatoms. The highest BCUT2D eigenvalue weighted by Gasteiger charge is 2.27. The van der Waals surface area contributed by atoms with E-state index in [2.05, 4.69) is 18.4 Å². The van der Waals surface area contributed by atoms with E-state index in [0.717, 1.165) is 11.8 Å². The van der Waals surface area contributed by atoms with Crippen molar-refractivity contribution in [3.05, 3.63) is 12.2 Å². The lowest BCUT2D eigenvalue weighted by molar-refractivity contribution is 0.0674. The second-order valence-electron chi connectivity index (χ2n) is 6.39. The van der Waals surface area contributed by atoms with E-state index in [1.54, 1.807) is 0 Å². The van der Waals surface area contributed by atoms with Gasteiger partial charge in [0, 0.05) is 12.6 Å². The van der Waals surface area contributed by atoms with Gasteiger partial charge in [0.2, 0.25) is 0 Å². The molecule has 1 saturated heterocycles. The van der Waals surface area contributed by atoms with Gasteiger partial charge in [-0.1, -0.05) is 18.6 Å². The predicted molar refractivity (Wildman–Crippen MR) is 76.6 cm³/mol. The minimum atomic E-state index is 0.348. The fraction of sp³-hybridized carbons (Fsp3) is 0.875. The maximum atomic E-state index is 9.45. The molecule has 0 bridgehead atoms. The fourth-order valence-electron chi connectivity index (χ4n) is 3.68. The number of rotatable bonds is 4. The van der Waals surface area contributed by atoms with Crippen LogP contribution in [0.1, 0.15) is 51.9 Å². The van der Waals surface area contributed by atoms with E-state index in [1.807, 2.05) is 0 Å². The number of aliphatic hydroxyl groups is 1. The normalized spacial score (nSPS) is 34.4. The van der Waals surface area contributed by atoms with Gasteiger partial charge in [-0.3, -0.25) is 4.90 Å². The number of hydrogen-bond donors (Lipinski definition) is 1. The van der Waals surface area contributed by atoms with Gasteiger partial charge in [-0.05, 0) is 63.8 Å². The molecular formula is C16H29NO. The number of nitrogens with zero attached hydrogens (tertiary/aromatic N) is 1. The van der Waals surface area contributed by atoms with Crippen LogP contribution in [0.25, 0.3) is 0 Å². The Balaban J connectivity index is 1.78. The van der Waals surface area contributed by atoms with Crippen LogP contribution >= 0.6 is 0 Å². The van der Waals surface area contributed by atoms with E-state index < -0.39 is 0 Å². The third-order valence-corrected chi connectivity index (χ3v) is 5.00. The highest BCUT2D eigenvalue weighted by Crippen LogP contribution is 2.33. The molecule has 0 amide bonds. The Morgan fingerprint density at radius 1 is 1.17 bits per heavy atom. The van der Waals surface area contributed by atoms with Crippen molar-refractivity contribution in [1.29, 1.82) is 0 Å². The summed E-state index contributed by atoms with van der Waals surface area (Å²) in [4.78, 5) is 2.55. The Hall–Kier alpha value is -0.340. The summed E-state index contributed by atoms with van der Waals surface area (Å²) in [6.45, 7) is 9.04. The molecule has 0 aromatic carbocycles. The quantitative estimate of drug-likeness (QED) is 0.776. The minimum absolute atomic E-state index is 0.348. The maximum Gasteiger partial charge on any atom is 0.0586 e. The largest absolute Gasteiger partial charge is 0.395 e. The maximum absolute atomic E-state index is 9.45. The molecule has 0 unspecified atom stereocenters. The van der Waals surface area contributed by atoms with E-state index in [4.69, 9.17) is 0 Å². The van der Waals surface area contributed by atoms with Gasteiger partial charge >= 0.3 is 0 Å². The smallest absolute Gasteiger partial charge is 0.0586 e. The van der Waals surface area contributed by atoms with Crippen molar-refractivity contribution in [1.82, 2.24) is 4.90 Å². The third kappa shape index (κ3) is 3.58. The van der Waals surface area contributed by atoms with Crippen LogP contribution in [-0.2, 0) is 0 Å². The van der Waals surface area contributed by atoms with Crippen molar-refractivity contribution in [3.8, 4) is 0 Å². The van der Waals surface area contributed by atoms with Crippen molar-refractivity contribution in [2.24, 2.45) is 11.8 Å². The molecule has 2 nitrogen and oxygen atoms in total. The predicted octanol–water partition coefficient (Wildman–Crippen LogP) is 3.22. The molecule has 104 valence electrons. The van der Waals surface area contributed by atoms with Gasteiger partial charge in [-0.15, -0.1) is 0 Å². The van der Waals surface area contributed by atoms with Crippen LogP contribution in [0.2, 0.25) is 0 Å². The van der Waals surface area contributed by atoms with Gasteiger partial charge in [0.15, 0.2) is 0 Å². The van der Waals surface area contributed by atoms with Crippen LogP contribution in [-0.4, -0.2) is 35.7 Å². The molecule has 0 radical (unpaired) electrons. The summed E-state index contributed by atoms with van der Waals surface area (Å²) >= 11 is 0. The first kappa shape index (κ1) is 14.1. The molecule has 0 aromatic heterocycles. The zero-order valence-electron chi connectivity index (χ0n) is 11.9. The van der Waals surface area contributed by atoms with E-state index in [0.29, 0.717) is 12.6 Å². The number of allylic oxidation sites excluding steroid dienone is 1. The van der Waals surface area contributed by atoms with Crippen molar-refractivity contribution in [3.63, 3.8) is 0 Å². The highest BCUT2D eigenvalue weighted by molar-refractivity contribution is 4.98. The number of aliphatic hydroxyl groups excluding tert-OH is 1. The molecule has 1 heterocycles. The zero-order valence-corrected chi connectivity index (χ0v) is 11.9. The minimum Gasteiger partial charge on any atom is -0.395 e. The lowest BCUT2D eigenvalue weighted by Crippen LogP contribution is -2.44. The van der Waals surface area contributed by atoms with Crippen LogP contribution in [0, 0.1) is 11.8 Å². The van der Waals surface area contributed by atoms with Crippen molar-refractivity contribution < 1.29 is 5.11 Å². The number of likely N-dealkylation sites (tertiary alicyclic amines) is 1. The molecule has 0 spiro atoms. The lowest BCUT2D eigenvalue weighted by Gasteiger charge is -2.39. The first-order valence-electron chi connectivity index (χ1n) is 7.71. The first-order valence-corrected chi connectivity index (χ1v) is 7.71. The average molecular weight is 251 g/mol. The summed E-state index contributed by atoms with van der Waals surface area (Å²) in [7, 11) is 0. The Kier molecular flexibility index (Phi) is 5.25. The summed E-state index contributed by atoms with van der Waals surface area (Å²) in [6, 6.07) is 0.442. The first-order chi connectivity index (χ1) is 8.70. The van der Waals surface area contributed by atoms with Crippen molar-refractivity contribution >= 4 is 0 Å². The molecule has 1 saturated carbocycles. The van der Waals surface area contributed by atoms with Crippen LogP contribution in [0.3, 0.4) is 0 Å². The molecule has 1 N–H and O–H groups in total. The average Bonchev–Trinajstić information content (AvgIpc) is 2.40. The number of hydrogen-bond acceptors (Lipinski definition) is 2. The highest BCUT2D eigenvalue weighted by atomic mass is 16.3. The van der Waals surface area contributed by atoms with E-state index in [9.17, 15) is 5.11 Å². The van der Waals surface area contributed by atoms with Crippen molar-refractivity contribution in [2.75, 3.05) is 19.7 Å². The van der Waals surface area contributed by atoms with Crippen LogP contribution in [0.15, 0.2) is 12.2 Å². The summed E-state index contributed by atoms with van der Waals surface area (Å²) in [5.41, 5.74) is 1.37. The fourth-order valence-corrected chi connectivity index (χ4v) is 3.68. The second-order valence-corrected chi connectivity index (χ2v) is 6.39. The Morgan fingerprint density at radius 2 is 1.89 bits per heavy atom. The molecule has 18 heavy (non-hydrogen) atoms. The standard InChI is InChI=1S/C16H29NO/c1-13(2)15-8-6-14(7-9-15)11-17-10-4-3-5-16(17)12-18/h14-16,18H,1,3-12H2,2H3/t14-,15+,16-/m0/s1. The van der Waals surface area contributed by atoms with Crippen LogP contribution in [0.4, 0.5) is 0 Å². The van der Waals surface area contributed by atoms with Gasteiger partial charge < -0.3 is 5.11 Å². The molecule has 1 aliphatic heterocycles. The Labute approximate surface area is 112 Å². The molecule has 1 atom stereocenters. The van der Waals surface area contributed by atoms with Crippen molar-refractivity contribution in [2.45, 2.75) is 57.9 Å². The second kappa shape index (κ2) is 6.72. The summed E-state index contributed by atoms with van der Waals surface area (Å²) in [5.74, 6) is 1.63. The van der Waals surface area contributed by atoms with Gasteiger partial charge in [0.1, 0.15) is 0 Å². The molecule has 2 aliphatic rings. The van der Waals surface area contributed by atoms with E-state index in [1.165, 1.54) is 63.6 Å². The topological polar surface area (TPSA) is 23.5 Å². The molecule has 2 fully saturated rings. The summed E-state index contributed by atoms with van der Waals surface area (Å²) < 4.78 is 0. The monoisotopic (exact) mass is 251 g/mol. The SMILES string of the molecule is C=C(C)[C@H]1CC[C@@H](CN2CCCC[C@H]2CO)CC1. The zero-order chi connectivity index (χ0) is 13.0. The van der Waals surface area contributed by atoms with E-state index >= 15 is 0 Å². The van der Waals surface area contributed by atoms with Gasteiger partial charge in [0.05, 0.1) is 6.61 Å². The third-order valence-electron chi connectivity index (χ3n) is 5.00. The molecule has 2 rings (SSSR count). The summed E-state index contributed by atoms with van der Waals surface area (Å²) in [5, 5.41) is 9.45. The van der Waals surface area contributed by atoms with E-state index in [-0.39, 0.29) is 0 Å². The van der Waals surface area contributed by atoms with Gasteiger partial charge in [0.25, 0.3) is 0 Å². The summed E-state index contributed by atoms with van der Waals surface area (Å²) in [6.07, 6.45) is 9.17.